The summed E-state index contributed by atoms with van der Waals surface area (Å²) >= 11 is 0. The van der Waals surface area contributed by atoms with Gasteiger partial charge in [0.15, 0.2) is 0 Å². The van der Waals surface area contributed by atoms with Crippen molar-refractivity contribution >= 4 is 5.69 Å². The number of hydrogen-bond donors (Lipinski definition) is 1. The van der Waals surface area contributed by atoms with E-state index in [2.05, 4.69) is 12.0 Å². The van der Waals surface area contributed by atoms with E-state index < -0.39 is 0 Å². The summed E-state index contributed by atoms with van der Waals surface area (Å²) < 4.78 is 12.4. The van der Waals surface area contributed by atoms with Gasteiger partial charge in [-0.2, -0.15) is 5.10 Å². The van der Waals surface area contributed by atoms with E-state index in [4.69, 9.17) is 15.2 Å². The fraction of sp³-hybridized carbons (Fsp3) is 0.700. The van der Waals surface area contributed by atoms with Crippen molar-refractivity contribution in [3.8, 4) is 5.88 Å². The Morgan fingerprint density at radius 1 is 1.60 bits per heavy atom. The molecule has 2 heterocycles. The average molecular weight is 211 g/mol. The van der Waals surface area contributed by atoms with Crippen LogP contribution in [0.1, 0.15) is 19.0 Å². The van der Waals surface area contributed by atoms with Crippen molar-refractivity contribution in [2.24, 2.45) is 7.05 Å². The first-order chi connectivity index (χ1) is 7.22. The van der Waals surface area contributed by atoms with Crippen molar-refractivity contribution in [3.05, 3.63) is 5.69 Å². The van der Waals surface area contributed by atoms with Crippen LogP contribution in [0.5, 0.6) is 5.88 Å². The minimum Gasteiger partial charge on any atom is -0.468 e. The predicted molar refractivity (Wildman–Crippen MR) is 56.9 cm³/mol. The minimum atomic E-state index is 0.136. The highest BCUT2D eigenvalue weighted by Gasteiger charge is 2.24. The van der Waals surface area contributed by atoms with Gasteiger partial charge in [-0.1, -0.05) is 13.3 Å². The fourth-order valence-corrected chi connectivity index (χ4v) is 1.58. The van der Waals surface area contributed by atoms with Gasteiger partial charge in [0.2, 0.25) is 5.88 Å². The van der Waals surface area contributed by atoms with Crippen LogP contribution >= 0.6 is 0 Å². The van der Waals surface area contributed by atoms with Crippen molar-refractivity contribution < 1.29 is 9.47 Å². The van der Waals surface area contributed by atoms with E-state index in [-0.39, 0.29) is 6.10 Å². The van der Waals surface area contributed by atoms with Crippen LogP contribution in [-0.4, -0.2) is 29.1 Å². The molecule has 0 aliphatic carbocycles. The van der Waals surface area contributed by atoms with Gasteiger partial charge in [0.25, 0.3) is 0 Å². The standard InChI is InChI=1S/C10H17N3O2/c1-3-4-8-9(11)10(13(2)12-8)15-7-5-14-6-7/h7H,3-6,11H2,1-2H3. The molecule has 0 bridgehead atoms. The maximum Gasteiger partial charge on any atom is 0.236 e. The number of aromatic nitrogens is 2. The summed E-state index contributed by atoms with van der Waals surface area (Å²) in [5.41, 5.74) is 7.57. The molecule has 0 spiro atoms. The first-order valence-electron chi connectivity index (χ1n) is 5.28. The molecule has 1 aromatic rings. The Hall–Kier alpha value is -1.23. The van der Waals surface area contributed by atoms with Gasteiger partial charge in [-0.15, -0.1) is 0 Å². The smallest absolute Gasteiger partial charge is 0.236 e. The summed E-state index contributed by atoms with van der Waals surface area (Å²) in [6, 6.07) is 0. The predicted octanol–water partition coefficient (Wildman–Crippen LogP) is 0.732. The van der Waals surface area contributed by atoms with E-state index in [9.17, 15) is 0 Å². The Kier molecular flexibility index (Phi) is 2.81. The maximum atomic E-state index is 5.97. The maximum absolute atomic E-state index is 5.97. The second kappa shape index (κ2) is 4.10. The van der Waals surface area contributed by atoms with Crippen molar-refractivity contribution in [1.82, 2.24) is 9.78 Å². The monoisotopic (exact) mass is 211 g/mol. The molecular weight excluding hydrogens is 194 g/mol. The molecule has 5 nitrogen and oxygen atoms in total. The molecule has 0 radical (unpaired) electrons. The van der Waals surface area contributed by atoms with E-state index >= 15 is 0 Å². The molecule has 0 amide bonds. The highest BCUT2D eigenvalue weighted by molar-refractivity contribution is 5.53. The molecule has 0 unspecified atom stereocenters. The number of nitrogens with two attached hydrogens (primary N) is 1. The number of hydrogen-bond acceptors (Lipinski definition) is 4. The lowest BCUT2D eigenvalue weighted by atomic mass is 10.2. The van der Waals surface area contributed by atoms with Crippen LogP contribution in [0.15, 0.2) is 0 Å². The molecule has 1 fully saturated rings. The third kappa shape index (κ3) is 1.92. The molecule has 1 aliphatic heterocycles. The van der Waals surface area contributed by atoms with Crippen molar-refractivity contribution in [2.75, 3.05) is 18.9 Å². The highest BCUT2D eigenvalue weighted by Crippen LogP contribution is 2.27. The highest BCUT2D eigenvalue weighted by atomic mass is 16.6. The van der Waals surface area contributed by atoms with E-state index in [1.165, 1.54) is 0 Å². The Morgan fingerprint density at radius 3 is 2.87 bits per heavy atom. The van der Waals surface area contributed by atoms with Crippen LogP contribution in [0, 0.1) is 0 Å². The molecule has 1 saturated heterocycles. The van der Waals surface area contributed by atoms with Crippen LogP contribution < -0.4 is 10.5 Å². The average Bonchev–Trinajstić information content (AvgIpc) is 2.38. The van der Waals surface area contributed by atoms with Crippen LogP contribution in [0.3, 0.4) is 0 Å². The van der Waals surface area contributed by atoms with Crippen LogP contribution in [0.2, 0.25) is 0 Å². The third-order valence-electron chi connectivity index (χ3n) is 2.48. The Balaban J connectivity index is 2.14. The zero-order valence-corrected chi connectivity index (χ0v) is 9.19. The quantitative estimate of drug-likeness (QED) is 0.797. The molecule has 2 rings (SSSR count). The lowest BCUT2D eigenvalue weighted by Gasteiger charge is -2.26. The Labute approximate surface area is 89.2 Å². The largest absolute Gasteiger partial charge is 0.468 e. The van der Waals surface area contributed by atoms with Crippen molar-refractivity contribution in [2.45, 2.75) is 25.9 Å². The summed E-state index contributed by atoms with van der Waals surface area (Å²) in [7, 11) is 1.85. The zero-order valence-electron chi connectivity index (χ0n) is 9.19. The minimum absolute atomic E-state index is 0.136. The molecular formula is C10H17N3O2. The number of anilines is 1. The van der Waals surface area contributed by atoms with Crippen molar-refractivity contribution in [3.63, 3.8) is 0 Å². The fourth-order valence-electron chi connectivity index (χ4n) is 1.58. The van der Waals surface area contributed by atoms with Gasteiger partial charge in [0.1, 0.15) is 11.8 Å². The first kappa shape index (κ1) is 10.3. The van der Waals surface area contributed by atoms with E-state index in [1.807, 2.05) is 7.05 Å². The van der Waals surface area contributed by atoms with Gasteiger partial charge in [0.05, 0.1) is 18.9 Å². The zero-order chi connectivity index (χ0) is 10.8. The molecule has 0 atom stereocenters. The number of nitrogens with zero attached hydrogens (tertiary/aromatic N) is 2. The van der Waals surface area contributed by atoms with Crippen LogP contribution in [0.25, 0.3) is 0 Å². The van der Waals surface area contributed by atoms with Gasteiger partial charge in [0, 0.05) is 7.05 Å². The molecule has 1 aliphatic rings. The molecule has 1 aromatic heterocycles. The summed E-state index contributed by atoms with van der Waals surface area (Å²) in [4.78, 5) is 0. The van der Waals surface area contributed by atoms with Crippen LogP contribution in [0.4, 0.5) is 5.69 Å². The van der Waals surface area contributed by atoms with Gasteiger partial charge in [-0.3, -0.25) is 0 Å². The SMILES string of the molecule is CCCc1nn(C)c(OC2COC2)c1N. The number of nitrogen functional groups attached to an aromatic ring is 1. The molecule has 0 aromatic carbocycles. The van der Waals surface area contributed by atoms with Gasteiger partial charge in [-0.05, 0) is 6.42 Å². The third-order valence-corrected chi connectivity index (χ3v) is 2.48. The molecule has 5 heteroatoms. The molecule has 84 valence electrons. The molecule has 2 N–H and O–H groups in total. The normalized spacial score (nSPS) is 16.4. The Bertz CT molecular complexity index is 345. The lowest BCUT2D eigenvalue weighted by Crippen LogP contribution is -2.39. The summed E-state index contributed by atoms with van der Waals surface area (Å²) in [6.07, 6.45) is 2.06. The molecule has 0 saturated carbocycles. The first-order valence-corrected chi connectivity index (χ1v) is 5.28. The van der Waals surface area contributed by atoms with Crippen LogP contribution in [-0.2, 0) is 18.2 Å². The second-order valence-corrected chi connectivity index (χ2v) is 3.82. The number of rotatable bonds is 4. The second-order valence-electron chi connectivity index (χ2n) is 3.82. The lowest BCUT2D eigenvalue weighted by molar-refractivity contribution is -0.0823. The van der Waals surface area contributed by atoms with E-state index in [1.54, 1.807) is 4.68 Å². The summed E-state index contributed by atoms with van der Waals surface area (Å²) in [5, 5.41) is 4.34. The van der Waals surface area contributed by atoms with Gasteiger partial charge >= 0.3 is 0 Å². The van der Waals surface area contributed by atoms with Gasteiger partial charge < -0.3 is 15.2 Å². The summed E-state index contributed by atoms with van der Waals surface area (Å²) in [5.74, 6) is 0.673. The van der Waals surface area contributed by atoms with E-state index in [0.29, 0.717) is 24.8 Å². The summed E-state index contributed by atoms with van der Waals surface area (Å²) in [6.45, 7) is 3.40. The number of ether oxygens (including phenoxy) is 2. The molecule has 15 heavy (non-hydrogen) atoms. The van der Waals surface area contributed by atoms with Gasteiger partial charge in [-0.25, -0.2) is 4.68 Å². The van der Waals surface area contributed by atoms with Crippen molar-refractivity contribution in [1.29, 1.82) is 0 Å². The van der Waals surface area contributed by atoms with E-state index in [0.717, 1.165) is 18.5 Å². The Morgan fingerprint density at radius 2 is 2.33 bits per heavy atom. The topological polar surface area (TPSA) is 62.3 Å². The number of aryl methyl sites for hydroxylation is 2.